The molecule has 1 saturated heterocycles. The van der Waals surface area contributed by atoms with Gasteiger partial charge in [-0.2, -0.15) is 33.5 Å². The standard InChI is InChI=1S/C20H20F2N10O2S/c1-2-35(33,34)29-12-20(13-29,6-7-23)31-10-14(8-25-31)16-4-3-5-17-27-19(28-32(16)17)26-15-9-24-30(11-15)18(21)22/h3-5,8-11,18H,2,6,12-13H2,1H3,(H,26,28). The summed E-state index contributed by atoms with van der Waals surface area (Å²) in [7, 11) is -3.35. The van der Waals surface area contributed by atoms with Crippen molar-refractivity contribution in [2.45, 2.75) is 25.4 Å². The van der Waals surface area contributed by atoms with E-state index < -0.39 is 22.1 Å². The van der Waals surface area contributed by atoms with Crippen molar-refractivity contribution in [1.82, 2.24) is 38.5 Å². The van der Waals surface area contributed by atoms with Gasteiger partial charge in [0.15, 0.2) is 5.65 Å². The van der Waals surface area contributed by atoms with Crippen LogP contribution in [0.2, 0.25) is 0 Å². The van der Waals surface area contributed by atoms with Crippen LogP contribution in [0.4, 0.5) is 20.4 Å². The third-order valence-electron chi connectivity index (χ3n) is 5.89. The molecule has 0 radical (unpaired) electrons. The summed E-state index contributed by atoms with van der Waals surface area (Å²) in [5, 5.41) is 24.7. The summed E-state index contributed by atoms with van der Waals surface area (Å²) in [6, 6.07) is 7.49. The van der Waals surface area contributed by atoms with Crippen LogP contribution in [0.3, 0.4) is 0 Å². The molecule has 0 aliphatic carbocycles. The van der Waals surface area contributed by atoms with Crippen LogP contribution < -0.4 is 5.32 Å². The highest BCUT2D eigenvalue weighted by atomic mass is 32.2. The molecule has 4 aromatic heterocycles. The summed E-state index contributed by atoms with van der Waals surface area (Å²) >= 11 is 0. The monoisotopic (exact) mass is 502 g/mol. The second kappa shape index (κ2) is 8.40. The molecule has 4 aromatic rings. The Morgan fingerprint density at radius 3 is 2.71 bits per heavy atom. The Labute approximate surface area is 198 Å². The molecule has 182 valence electrons. The molecule has 5 heterocycles. The van der Waals surface area contributed by atoms with E-state index >= 15 is 0 Å². The molecule has 0 atom stereocenters. The van der Waals surface area contributed by atoms with Gasteiger partial charge in [-0.05, 0) is 19.1 Å². The van der Waals surface area contributed by atoms with Crippen molar-refractivity contribution in [1.29, 1.82) is 5.26 Å². The molecular formula is C20H20F2N10O2S. The van der Waals surface area contributed by atoms with E-state index in [0.29, 0.717) is 27.3 Å². The minimum absolute atomic E-state index is 0.00637. The average Bonchev–Trinajstić information content (AvgIpc) is 3.55. The van der Waals surface area contributed by atoms with Crippen molar-refractivity contribution in [2.24, 2.45) is 0 Å². The van der Waals surface area contributed by atoms with Crippen molar-refractivity contribution in [2.75, 3.05) is 24.2 Å². The zero-order valence-corrected chi connectivity index (χ0v) is 19.3. The van der Waals surface area contributed by atoms with Crippen LogP contribution in [-0.2, 0) is 15.6 Å². The lowest BCUT2D eigenvalue weighted by Gasteiger charge is -2.47. The summed E-state index contributed by atoms with van der Waals surface area (Å²) in [4.78, 5) is 4.38. The molecule has 0 unspecified atom stereocenters. The predicted octanol–water partition coefficient (Wildman–Crippen LogP) is 2.20. The van der Waals surface area contributed by atoms with Crippen molar-refractivity contribution in [3.05, 3.63) is 43.0 Å². The topological polar surface area (TPSA) is 139 Å². The van der Waals surface area contributed by atoms with Crippen molar-refractivity contribution in [3.63, 3.8) is 0 Å². The Bertz CT molecular complexity index is 1530. The number of rotatable bonds is 8. The fraction of sp³-hybridized carbons (Fsp3) is 0.350. The van der Waals surface area contributed by atoms with E-state index in [1.807, 2.05) is 6.07 Å². The molecule has 5 rings (SSSR count). The van der Waals surface area contributed by atoms with Crippen LogP contribution >= 0.6 is 0 Å². The third kappa shape index (κ3) is 4.00. The van der Waals surface area contributed by atoms with E-state index in [0.717, 1.165) is 6.20 Å². The molecule has 35 heavy (non-hydrogen) atoms. The molecule has 1 aliphatic heterocycles. The molecule has 12 nitrogen and oxygen atoms in total. The Morgan fingerprint density at radius 2 is 2.03 bits per heavy atom. The van der Waals surface area contributed by atoms with Gasteiger partial charge in [-0.25, -0.2) is 17.6 Å². The van der Waals surface area contributed by atoms with Crippen LogP contribution in [0.25, 0.3) is 16.9 Å². The molecule has 0 bridgehead atoms. The molecule has 1 aliphatic rings. The minimum Gasteiger partial charge on any atom is -0.320 e. The number of nitrogens with one attached hydrogen (secondary N) is 1. The lowest BCUT2D eigenvalue weighted by molar-refractivity contribution is 0.0566. The highest BCUT2D eigenvalue weighted by Crippen LogP contribution is 2.35. The Balaban J connectivity index is 1.43. The molecule has 0 spiro atoms. The number of halogens is 2. The Hall–Kier alpha value is -3.90. The van der Waals surface area contributed by atoms with Gasteiger partial charge in [-0.3, -0.25) is 4.68 Å². The van der Waals surface area contributed by atoms with E-state index in [4.69, 9.17) is 0 Å². The second-order valence-electron chi connectivity index (χ2n) is 8.13. The first-order valence-electron chi connectivity index (χ1n) is 10.6. The van der Waals surface area contributed by atoms with Crippen LogP contribution in [0.1, 0.15) is 19.9 Å². The normalized spacial score (nSPS) is 15.9. The van der Waals surface area contributed by atoms with E-state index in [2.05, 4.69) is 31.7 Å². The van der Waals surface area contributed by atoms with Gasteiger partial charge >= 0.3 is 6.55 Å². The first kappa shape index (κ1) is 22.9. The average molecular weight is 503 g/mol. The maximum atomic E-state index is 12.8. The van der Waals surface area contributed by atoms with Gasteiger partial charge in [0.2, 0.25) is 16.0 Å². The van der Waals surface area contributed by atoms with E-state index in [1.165, 1.54) is 10.5 Å². The molecule has 0 saturated carbocycles. The fourth-order valence-electron chi connectivity index (χ4n) is 4.00. The second-order valence-corrected chi connectivity index (χ2v) is 10.4. The Kier molecular flexibility index (Phi) is 5.49. The zero-order valence-electron chi connectivity index (χ0n) is 18.5. The van der Waals surface area contributed by atoms with Crippen LogP contribution in [0, 0.1) is 11.3 Å². The van der Waals surface area contributed by atoms with Gasteiger partial charge in [-0.15, -0.1) is 5.10 Å². The van der Waals surface area contributed by atoms with Crippen LogP contribution in [0.15, 0.2) is 43.0 Å². The van der Waals surface area contributed by atoms with Gasteiger partial charge in [0, 0.05) is 24.8 Å². The quantitative estimate of drug-likeness (QED) is 0.387. The molecule has 15 heteroatoms. The fourth-order valence-corrected chi connectivity index (χ4v) is 5.24. The minimum atomic E-state index is -3.35. The smallest absolute Gasteiger partial charge is 0.320 e. The summed E-state index contributed by atoms with van der Waals surface area (Å²) in [5.74, 6) is 0.187. The molecule has 1 fully saturated rings. The lowest BCUT2D eigenvalue weighted by Crippen LogP contribution is -2.64. The van der Waals surface area contributed by atoms with Crippen molar-refractivity contribution in [3.8, 4) is 17.3 Å². The number of pyridine rings is 1. The maximum Gasteiger partial charge on any atom is 0.333 e. The number of fused-ring (bicyclic) bond motifs is 1. The summed E-state index contributed by atoms with van der Waals surface area (Å²) in [5.41, 5.74) is 1.41. The van der Waals surface area contributed by atoms with Gasteiger partial charge in [-0.1, -0.05) is 6.07 Å². The predicted molar refractivity (Wildman–Crippen MR) is 120 cm³/mol. The third-order valence-corrected chi connectivity index (χ3v) is 7.66. The highest BCUT2D eigenvalue weighted by molar-refractivity contribution is 7.89. The first-order valence-corrected chi connectivity index (χ1v) is 12.2. The van der Waals surface area contributed by atoms with Gasteiger partial charge in [0.1, 0.15) is 5.54 Å². The zero-order chi connectivity index (χ0) is 24.8. The summed E-state index contributed by atoms with van der Waals surface area (Å²) in [6.07, 6.45) is 5.88. The van der Waals surface area contributed by atoms with Gasteiger partial charge in [0.25, 0.3) is 0 Å². The van der Waals surface area contributed by atoms with E-state index in [1.54, 1.807) is 40.6 Å². The lowest BCUT2D eigenvalue weighted by atomic mass is 9.89. The summed E-state index contributed by atoms with van der Waals surface area (Å²) < 4.78 is 55.0. The van der Waals surface area contributed by atoms with Crippen LogP contribution in [-0.4, -0.2) is 65.7 Å². The number of aromatic nitrogens is 7. The maximum absolute atomic E-state index is 12.8. The highest BCUT2D eigenvalue weighted by Gasteiger charge is 2.49. The van der Waals surface area contributed by atoms with Crippen LogP contribution in [0.5, 0.6) is 0 Å². The van der Waals surface area contributed by atoms with Gasteiger partial charge in [0.05, 0.1) is 48.2 Å². The number of alkyl halides is 2. The van der Waals surface area contributed by atoms with E-state index in [-0.39, 0.29) is 31.2 Å². The van der Waals surface area contributed by atoms with E-state index in [9.17, 15) is 22.5 Å². The molecular weight excluding hydrogens is 482 g/mol. The Morgan fingerprint density at radius 1 is 1.23 bits per heavy atom. The number of hydrogen-bond donors (Lipinski definition) is 1. The summed E-state index contributed by atoms with van der Waals surface area (Å²) in [6.45, 7) is -0.826. The number of nitriles is 1. The largest absolute Gasteiger partial charge is 0.333 e. The number of sulfonamides is 1. The number of nitrogens with zero attached hydrogens (tertiary/aromatic N) is 9. The van der Waals surface area contributed by atoms with Crippen molar-refractivity contribution < 1.29 is 17.2 Å². The molecule has 0 amide bonds. The van der Waals surface area contributed by atoms with Crippen molar-refractivity contribution >= 4 is 27.3 Å². The molecule has 0 aromatic carbocycles. The number of anilines is 2. The SMILES string of the molecule is CCS(=O)(=O)N1CC(CC#N)(n2cc(-c3cccc4nc(Nc5cnn(C(F)F)c5)nn34)cn2)C1. The molecule has 1 N–H and O–H groups in total. The number of hydrogen-bond acceptors (Lipinski definition) is 8. The first-order chi connectivity index (χ1) is 16.7. The van der Waals surface area contributed by atoms with Gasteiger partial charge < -0.3 is 5.32 Å².